The highest BCUT2D eigenvalue weighted by Crippen LogP contribution is 2.41. The molecule has 0 saturated carbocycles. The van der Waals surface area contributed by atoms with Crippen LogP contribution in [0.15, 0.2) is 29.1 Å². The highest BCUT2D eigenvalue weighted by Gasteiger charge is 2.45. The Labute approximate surface area is 163 Å². The number of rotatable bonds is 1. The minimum Gasteiger partial charge on any atom is -0.508 e. The molecule has 0 spiro atoms. The van der Waals surface area contributed by atoms with Crippen LogP contribution in [0.2, 0.25) is 5.02 Å². The molecule has 4 heterocycles. The summed E-state index contributed by atoms with van der Waals surface area (Å²) in [5, 5.41) is 21.6. The first-order valence-electron chi connectivity index (χ1n) is 8.83. The molecule has 0 bridgehead atoms. The number of ether oxygens (including phenoxy) is 1. The number of hydrogen-bond acceptors (Lipinski definition) is 6. The topological polar surface area (TPSA) is 102 Å². The van der Waals surface area contributed by atoms with Gasteiger partial charge in [-0.3, -0.25) is 4.79 Å². The lowest BCUT2D eigenvalue weighted by Crippen LogP contribution is -2.44. The number of aromatic nitrogens is 2. The van der Waals surface area contributed by atoms with Crippen LogP contribution in [0.25, 0.3) is 22.3 Å². The van der Waals surface area contributed by atoms with E-state index in [-0.39, 0.29) is 42.0 Å². The molecule has 1 atom stereocenters. The number of phenols is 1. The van der Waals surface area contributed by atoms with Crippen molar-refractivity contribution in [3.8, 4) is 17.1 Å². The number of cyclic esters (lactones) is 1. The van der Waals surface area contributed by atoms with Gasteiger partial charge in [0.25, 0.3) is 5.56 Å². The van der Waals surface area contributed by atoms with Crippen molar-refractivity contribution in [3.63, 3.8) is 0 Å². The fraction of sp³-hybridized carbons (Fsp3) is 0.250. The van der Waals surface area contributed by atoms with Gasteiger partial charge < -0.3 is 19.5 Å². The normalized spacial score (nSPS) is 19.9. The predicted molar refractivity (Wildman–Crippen MR) is 101 cm³/mol. The molecule has 0 saturated heterocycles. The van der Waals surface area contributed by atoms with Crippen LogP contribution in [0.1, 0.15) is 30.0 Å². The van der Waals surface area contributed by atoms with Gasteiger partial charge >= 0.3 is 5.97 Å². The molecular formula is C20H15ClN2O5. The van der Waals surface area contributed by atoms with Crippen molar-refractivity contribution in [1.82, 2.24) is 9.55 Å². The summed E-state index contributed by atoms with van der Waals surface area (Å²) in [6.45, 7) is 1.69. The summed E-state index contributed by atoms with van der Waals surface area (Å²) in [6.07, 6.45) is 0.0831. The van der Waals surface area contributed by atoms with Crippen molar-refractivity contribution in [3.05, 3.63) is 56.3 Å². The van der Waals surface area contributed by atoms with E-state index in [1.54, 1.807) is 19.1 Å². The van der Waals surface area contributed by atoms with Gasteiger partial charge in [-0.1, -0.05) is 18.5 Å². The van der Waals surface area contributed by atoms with E-state index in [2.05, 4.69) is 4.98 Å². The van der Waals surface area contributed by atoms with Gasteiger partial charge in [0.15, 0.2) is 5.60 Å². The van der Waals surface area contributed by atoms with Crippen LogP contribution in [-0.4, -0.2) is 25.7 Å². The fourth-order valence-electron chi connectivity index (χ4n) is 4.02. The molecular weight excluding hydrogens is 384 g/mol. The molecule has 7 nitrogen and oxygen atoms in total. The molecule has 5 rings (SSSR count). The Morgan fingerprint density at radius 3 is 2.82 bits per heavy atom. The van der Waals surface area contributed by atoms with Crippen molar-refractivity contribution in [2.45, 2.75) is 32.1 Å². The summed E-state index contributed by atoms with van der Waals surface area (Å²) in [4.78, 5) is 29.9. The van der Waals surface area contributed by atoms with E-state index in [9.17, 15) is 19.8 Å². The molecule has 0 unspecified atom stereocenters. The monoisotopic (exact) mass is 398 g/mol. The Hall–Kier alpha value is -2.90. The number of carbonyl (C=O) groups is 1. The van der Waals surface area contributed by atoms with Crippen LogP contribution in [0.5, 0.6) is 5.75 Å². The number of halogens is 1. The van der Waals surface area contributed by atoms with Crippen LogP contribution in [-0.2, 0) is 28.3 Å². The summed E-state index contributed by atoms with van der Waals surface area (Å²) in [6, 6.07) is 6.33. The van der Waals surface area contributed by atoms with E-state index in [1.165, 1.54) is 16.7 Å². The van der Waals surface area contributed by atoms with Crippen molar-refractivity contribution in [2.24, 2.45) is 0 Å². The lowest BCUT2D eigenvalue weighted by atomic mass is 9.86. The number of nitrogens with zero attached hydrogens (tertiary/aromatic N) is 2. The zero-order chi connectivity index (χ0) is 19.8. The molecule has 0 fully saturated rings. The number of fused-ring (bicyclic) bond motifs is 5. The first-order chi connectivity index (χ1) is 13.3. The Balaban J connectivity index is 1.83. The lowest BCUT2D eigenvalue weighted by molar-refractivity contribution is -0.172. The third kappa shape index (κ3) is 2.05. The van der Waals surface area contributed by atoms with E-state index in [1.807, 2.05) is 0 Å². The number of carbonyl (C=O) groups excluding carboxylic acids is 1. The van der Waals surface area contributed by atoms with Crippen molar-refractivity contribution >= 4 is 28.5 Å². The second-order valence-electron chi connectivity index (χ2n) is 7.06. The summed E-state index contributed by atoms with van der Waals surface area (Å²) in [5.41, 5.74) is 0.581. The second kappa shape index (κ2) is 5.56. The highest BCUT2D eigenvalue weighted by atomic mass is 35.5. The van der Waals surface area contributed by atoms with E-state index < -0.39 is 11.6 Å². The maximum Gasteiger partial charge on any atom is 0.343 e. The second-order valence-corrected chi connectivity index (χ2v) is 7.44. The van der Waals surface area contributed by atoms with Gasteiger partial charge in [-0.15, -0.1) is 0 Å². The average molecular weight is 399 g/mol. The minimum atomic E-state index is -1.86. The average Bonchev–Trinajstić information content (AvgIpc) is 3.05. The maximum absolute atomic E-state index is 13.1. The zero-order valence-electron chi connectivity index (χ0n) is 14.8. The van der Waals surface area contributed by atoms with Gasteiger partial charge in [0, 0.05) is 16.5 Å². The van der Waals surface area contributed by atoms with E-state index in [0.29, 0.717) is 32.9 Å². The van der Waals surface area contributed by atoms with Crippen LogP contribution in [0.3, 0.4) is 0 Å². The third-order valence-corrected chi connectivity index (χ3v) is 6.03. The molecule has 2 aliphatic heterocycles. The molecule has 28 heavy (non-hydrogen) atoms. The summed E-state index contributed by atoms with van der Waals surface area (Å²) >= 11 is 6.57. The van der Waals surface area contributed by atoms with Crippen LogP contribution < -0.4 is 5.56 Å². The van der Waals surface area contributed by atoms with Gasteiger partial charge in [0.2, 0.25) is 0 Å². The standard InChI is InChI=1S/C20H15ClN2O5/c1-2-20(27)13-6-15-17-11(7-23(15)18(25)12(13)8-28-19(20)26)16(21)10-5-9(24)3-4-14(10)22-17/h3-6,24,27H,2,7-8H2,1H3/t20-/m0/s1. The highest BCUT2D eigenvalue weighted by molar-refractivity contribution is 6.36. The number of pyridine rings is 2. The van der Waals surface area contributed by atoms with E-state index in [4.69, 9.17) is 16.3 Å². The summed E-state index contributed by atoms with van der Waals surface area (Å²) < 4.78 is 6.58. The maximum atomic E-state index is 13.1. The Morgan fingerprint density at radius 2 is 2.07 bits per heavy atom. The summed E-state index contributed by atoms with van der Waals surface area (Å²) in [5.74, 6) is -0.687. The molecule has 142 valence electrons. The van der Waals surface area contributed by atoms with E-state index in [0.717, 1.165) is 0 Å². The first-order valence-corrected chi connectivity index (χ1v) is 9.21. The number of aromatic hydroxyl groups is 1. The molecule has 2 aromatic heterocycles. The molecule has 0 amide bonds. The van der Waals surface area contributed by atoms with Crippen LogP contribution in [0, 0.1) is 0 Å². The van der Waals surface area contributed by atoms with Gasteiger partial charge in [-0.25, -0.2) is 9.78 Å². The van der Waals surface area contributed by atoms with Gasteiger partial charge in [0.05, 0.1) is 34.0 Å². The Kier molecular flexibility index (Phi) is 3.42. The minimum absolute atomic E-state index is 0.0722. The number of benzene rings is 1. The molecule has 1 aromatic carbocycles. The Morgan fingerprint density at radius 1 is 1.29 bits per heavy atom. The van der Waals surface area contributed by atoms with Gasteiger partial charge in [0.1, 0.15) is 12.4 Å². The predicted octanol–water partition coefficient (Wildman–Crippen LogP) is 2.44. The van der Waals surface area contributed by atoms with E-state index >= 15 is 0 Å². The van der Waals surface area contributed by atoms with Crippen molar-refractivity contribution in [1.29, 1.82) is 0 Å². The van der Waals surface area contributed by atoms with Crippen molar-refractivity contribution < 1.29 is 19.7 Å². The largest absolute Gasteiger partial charge is 0.508 e. The van der Waals surface area contributed by atoms with Crippen molar-refractivity contribution in [2.75, 3.05) is 0 Å². The van der Waals surface area contributed by atoms with Crippen LogP contribution in [0.4, 0.5) is 0 Å². The third-order valence-electron chi connectivity index (χ3n) is 5.60. The fourth-order valence-corrected chi connectivity index (χ4v) is 4.32. The summed E-state index contributed by atoms with van der Waals surface area (Å²) in [7, 11) is 0. The number of esters is 1. The Bertz CT molecular complexity index is 1270. The first kappa shape index (κ1) is 17.2. The molecule has 0 radical (unpaired) electrons. The number of aliphatic hydroxyl groups is 1. The molecule has 3 aromatic rings. The van der Waals surface area contributed by atoms with Gasteiger partial charge in [-0.2, -0.15) is 0 Å². The number of phenolic OH excluding ortho intramolecular Hbond substituents is 1. The zero-order valence-corrected chi connectivity index (χ0v) is 15.6. The SMILES string of the molecule is CC[C@@]1(O)C(=O)OCc2c1cc1n(c2=O)Cc2c-1nc1ccc(O)cc1c2Cl. The molecule has 2 aliphatic rings. The molecule has 8 heteroatoms. The van der Waals surface area contributed by atoms with Crippen LogP contribution >= 0.6 is 11.6 Å². The lowest BCUT2D eigenvalue weighted by Gasteiger charge is -2.31. The quantitative estimate of drug-likeness (QED) is 0.477. The number of hydrogen-bond donors (Lipinski definition) is 2. The van der Waals surface area contributed by atoms with Gasteiger partial charge in [-0.05, 0) is 30.7 Å². The smallest absolute Gasteiger partial charge is 0.343 e. The molecule has 0 aliphatic carbocycles. The molecule has 2 N–H and O–H groups in total.